The Hall–Kier alpha value is -2.63. The van der Waals surface area contributed by atoms with Crippen LogP contribution in [0.25, 0.3) is 11.4 Å². The molecule has 2 heterocycles. The number of benzene rings is 1. The second-order valence-electron chi connectivity index (χ2n) is 6.88. The summed E-state index contributed by atoms with van der Waals surface area (Å²) in [6.07, 6.45) is 5.95. The van der Waals surface area contributed by atoms with Crippen molar-refractivity contribution >= 4 is 0 Å². The molecule has 1 aliphatic carbocycles. The Balaban J connectivity index is 1.80. The molecule has 0 aromatic heterocycles. The van der Waals surface area contributed by atoms with Gasteiger partial charge in [-0.3, -0.25) is 14.6 Å². The van der Waals surface area contributed by atoms with E-state index in [1.54, 1.807) is 7.11 Å². The predicted molar refractivity (Wildman–Crippen MR) is 99.9 cm³/mol. The lowest BCUT2D eigenvalue weighted by Crippen LogP contribution is -2.18. The SMILES string of the molecule is CCc1[nH]n(C2CCCC2)c2nc(Cc3ccccc3OC)nc(=O)c1-2. The summed E-state index contributed by atoms with van der Waals surface area (Å²) in [6, 6.07) is 8.18. The second-order valence-corrected chi connectivity index (χ2v) is 6.88. The fraction of sp³-hybridized carbons (Fsp3) is 0.450. The van der Waals surface area contributed by atoms with Crippen molar-refractivity contribution in [3.05, 3.63) is 51.7 Å². The third-order valence-electron chi connectivity index (χ3n) is 5.27. The first kappa shape index (κ1) is 16.8. The molecule has 4 rings (SSSR count). The highest BCUT2D eigenvalue weighted by molar-refractivity contribution is 5.59. The van der Waals surface area contributed by atoms with Gasteiger partial charge >= 0.3 is 0 Å². The Labute approximate surface area is 152 Å². The summed E-state index contributed by atoms with van der Waals surface area (Å²) in [6.45, 7) is 2.05. The molecule has 2 aliphatic heterocycles. The maximum absolute atomic E-state index is 12.7. The summed E-state index contributed by atoms with van der Waals surface area (Å²) in [7, 11) is 1.65. The number of rotatable bonds is 5. The monoisotopic (exact) mass is 352 g/mol. The number of nitrogens with zero attached hydrogens (tertiary/aromatic N) is 3. The standard InChI is InChI=1S/C20H24N4O2/c1-3-15-18-19(24(23-15)14-9-5-6-10-14)21-17(22-20(18)25)12-13-8-4-7-11-16(13)26-2/h4,7-8,11,14,23H,3,5-6,9-10,12H2,1-2H3. The lowest BCUT2D eigenvalue weighted by molar-refractivity contribution is 0.410. The van der Waals surface area contributed by atoms with Gasteiger partial charge in [0.15, 0.2) is 5.82 Å². The van der Waals surface area contributed by atoms with Crippen LogP contribution >= 0.6 is 0 Å². The average molecular weight is 352 g/mol. The summed E-state index contributed by atoms with van der Waals surface area (Å²) in [5.41, 5.74) is 2.36. The molecule has 6 nitrogen and oxygen atoms in total. The molecule has 0 amide bonds. The summed E-state index contributed by atoms with van der Waals surface area (Å²) in [5, 5.41) is 3.43. The number of nitrogens with one attached hydrogen (secondary N) is 1. The van der Waals surface area contributed by atoms with Crippen molar-refractivity contribution in [2.75, 3.05) is 7.11 Å². The smallest absolute Gasteiger partial charge is 0.284 e. The van der Waals surface area contributed by atoms with Crippen LogP contribution in [0.1, 0.15) is 55.7 Å². The maximum Gasteiger partial charge on any atom is 0.284 e. The Kier molecular flexibility index (Phi) is 4.49. The number of ether oxygens (including phenoxy) is 1. The van der Waals surface area contributed by atoms with Crippen LogP contribution in [0, 0.1) is 0 Å². The first-order chi connectivity index (χ1) is 12.7. The van der Waals surface area contributed by atoms with Crippen LogP contribution in [-0.2, 0) is 12.8 Å². The average Bonchev–Trinajstić information content (AvgIpc) is 3.29. The number of hydrogen-bond acceptors (Lipinski definition) is 4. The number of H-pyrrole nitrogens is 1. The normalized spacial score (nSPS) is 15.0. The molecule has 0 atom stereocenters. The number of aromatic amines is 1. The van der Waals surface area contributed by atoms with Gasteiger partial charge in [-0.2, -0.15) is 4.98 Å². The molecular weight excluding hydrogens is 328 g/mol. The number of aromatic nitrogens is 4. The third-order valence-corrected chi connectivity index (χ3v) is 5.27. The Morgan fingerprint density at radius 3 is 2.73 bits per heavy atom. The van der Waals surface area contributed by atoms with Crippen molar-refractivity contribution in [3.8, 4) is 17.1 Å². The van der Waals surface area contributed by atoms with Gasteiger partial charge in [0.05, 0.1) is 13.2 Å². The van der Waals surface area contributed by atoms with Gasteiger partial charge in [0.1, 0.15) is 17.1 Å². The van der Waals surface area contributed by atoms with E-state index in [1.165, 1.54) is 12.8 Å². The molecule has 3 aliphatic rings. The van der Waals surface area contributed by atoms with Crippen LogP contribution in [0.3, 0.4) is 0 Å². The molecule has 1 N–H and O–H groups in total. The maximum atomic E-state index is 12.7. The van der Waals surface area contributed by atoms with Gasteiger partial charge in [-0.25, -0.2) is 4.98 Å². The van der Waals surface area contributed by atoms with E-state index in [0.717, 1.165) is 42.1 Å². The summed E-state index contributed by atoms with van der Waals surface area (Å²) in [4.78, 5) is 21.8. The number of aryl methyl sites for hydroxylation is 1. The fourth-order valence-corrected chi connectivity index (χ4v) is 3.95. The molecule has 1 aromatic carbocycles. The third kappa shape index (κ3) is 2.89. The van der Waals surface area contributed by atoms with E-state index < -0.39 is 0 Å². The van der Waals surface area contributed by atoms with Crippen molar-refractivity contribution in [2.45, 2.75) is 51.5 Å². The van der Waals surface area contributed by atoms with Crippen LogP contribution in [0.15, 0.2) is 29.1 Å². The highest BCUT2D eigenvalue weighted by Gasteiger charge is 2.27. The number of fused-ring (bicyclic) bond motifs is 1. The fourth-order valence-electron chi connectivity index (χ4n) is 3.95. The molecule has 136 valence electrons. The first-order valence-corrected chi connectivity index (χ1v) is 9.33. The van der Waals surface area contributed by atoms with Gasteiger partial charge in [0.25, 0.3) is 5.56 Å². The topological polar surface area (TPSA) is 72.8 Å². The summed E-state index contributed by atoms with van der Waals surface area (Å²) >= 11 is 0. The summed E-state index contributed by atoms with van der Waals surface area (Å²) in [5.74, 6) is 2.08. The van der Waals surface area contributed by atoms with E-state index in [1.807, 2.05) is 31.2 Å². The lowest BCUT2D eigenvalue weighted by atomic mass is 10.1. The van der Waals surface area contributed by atoms with E-state index in [0.29, 0.717) is 23.9 Å². The minimum Gasteiger partial charge on any atom is -0.496 e. The lowest BCUT2D eigenvalue weighted by Gasteiger charge is -2.14. The molecule has 6 heteroatoms. The van der Waals surface area contributed by atoms with Gasteiger partial charge in [-0.1, -0.05) is 38.0 Å². The Morgan fingerprint density at radius 2 is 2.00 bits per heavy atom. The highest BCUT2D eigenvalue weighted by Crippen LogP contribution is 2.34. The van der Waals surface area contributed by atoms with E-state index in [2.05, 4.69) is 14.8 Å². The van der Waals surface area contributed by atoms with E-state index in [-0.39, 0.29) is 5.56 Å². The molecule has 0 spiro atoms. The van der Waals surface area contributed by atoms with Gasteiger partial charge in [-0.15, -0.1) is 0 Å². The molecule has 0 unspecified atom stereocenters. The number of methoxy groups -OCH3 is 1. The van der Waals surface area contributed by atoms with Crippen LogP contribution in [0.2, 0.25) is 0 Å². The molecule has 1 aromatic rings. The van der Waals surface area contributed by atoms with Crippen molar-refractivity contribution < 1.29 is 4.74 Å². The van der Waals surface area contributed by atoms with E-state index >= 15 is 0 Å². The van der Waals surface area contributed by atoms with Crippen molar-refractivity contribution in [3.63, 3.8) is 0 Å². The Morgan fingerprint density at radius 1 is 1.23 bits per heavy atom. The molecule has 0 bridgehead atoms. The van der Waals surface area contributed by atoms with Crippen LogP contribution < -0.4 is 10.3 Å². The predicted octanol–water partition coefficient (Wildman–Crippen LogP) is 3.35. The zero-order valence-electron chi connectivity index (χ0n) is 15.3. The minimum absolute atomic E-state index is 0.190. The van der Waals surface area contributed by atoms with Crippen molar-refractivity contribution in [1.82, 2.24) is 19.7 Å². The molecule has 0 radical (unpaired) electrons. The van der Waals surface area contributed by atoms with Gasteiger partial charge in [0.2, 0.25) is 0 Å². The number of para-hydroxylation sites is 1. The highest BCUT2D eigenvalue weighted by atomic mass is 16.5. The quantitative estimate of drug-likeness (QED) is 0.764. The second kappa shape index (κ2) is 6.94. The summed E-state index contributed by atoms with van der Waals surface area (Å²) < 4.78 is 7.52. The Bertz CT molecular complexity index is 937. The van der Waals surface area contributed by atoms with Crippen molar-refractivity contribution in [2.24, 2.45) is 0 Å². The van der Waals surface area contributed by atoms with Crippen LogP contribution in [0.5, 0.6) is 5.75 Å². The largest absolute Gasteiger partial charge is 0.496 e. The van der Waals surface area contributed by atoms with E-state index in [9.17, 15) is 4.79 Å². The van der Waals surface area contributed by atoms with Crippen LogP contribution in [-0.4, -0.2) is 26.9 Å². The minimum atomic E-state index is -0.190. The molecule has 0 saturated heterocycles. The van der Waals surface area contributed by atoms with Crippen LogP contribution in [0.4, 0.5) is 0 Å². The molecule has 1 saturated carbocycles. The zero-order chi connectivity index (χ0) is 18.1. The molecular formula is C20H24N4O2. The first-order valence-electron chi connectivity index (χ1n) is 9.33. The van der Waals surface area contributed by atoms with Gasteiger partial charge in [-0.05, 0) is 25.3 Å². The zero-order valence-corrected chi connectivity index (χ0v) is 15.3. The molecule has 1 fully saturated rings. The molecule has 26 heavy (non-hydrogen) atoms. The number of hydrogen-bond donors (Lipinski definition) is 1. The van der Waals surface area contributed by atoms with Gasteiger partial charge in [0, 0.05) is 17.7 Å². The van der Waals surface area contributed by atoms with E-state index in [4.69, 9.17) is 9.72 Å². The van der Waals surface area contributed by atoms with Gasteiger partial charge < -0.3 is 4.74 Å². The van der Waals surface area contributed by atoms with Crippen molar-refractivity contribution in [1.29, 1.82) is 0 Å².